The van der Waals surface area contributed by atoms with E-state index in [4.69, 9.17) is 0 Å². The van der Waals surface area contributed by atoms with Gasteiger partial charge in [-0.3, -0.25) is 0 Å². The van der Waals surface area contributed by atoms with Gasteiger partial charge in [-0.25, -0.2) is 0 Å². The summed E-state index contributed by atoms with van der Waals surface area (Å²) in [5.74, 6) is 0. The maximum absolute atomic E-state index is 4.09. The molecule has 3 heteroatoms. The molecule has 8 heavy (non-hydrogen) atoms. The van der Waals surface area contributed by atoms with Gasteiger partial charge in [0.2, 0.25) is 0 Å². The summed E-state index contributed by atoms with van der Waals surface area (Å²) in [5, 5.41) is 4.99. The van der Waals surface area contributed by atoms with Gasteiger partial charge in [0.1, 0.15) is 0 Å². The standard InChI is InChI=1S/C5H8N2S/c1-6-4-5-2-3-8-7-5/h2-3,6H,4H2,1H3. The van der Waals surface area contributed by atoms with Crippen LogP contribution in [0.3, 0.4) is 0 Å². The highest BCUT2D eigenvalue weighted by atomic mass is 32.1. The van der Waals surface area contributed by atoms with Gasteiger partial charge in [0.25, 0.3) is 0 Å². The summed E-state index contributed by atoms with van der Waals surface area (Å²) in [7, 11) is 1.92. The lowest BCUT2D eigenvalue weighted by Crippen LogP contribution is -2.04. The van der Waals surface area contributed by atoms with Crippen LogP contribution in [0.1, 0.15) is 5.69 Å². The van der Waals surface area contributed by atoms with Crippen LogP contribution in [0.5, 0.6) is 0 Å². The zero-order valence-corrected chi connectivity index (χ0v) is 5.53. The predicted octanol–water partition coefficient (Wildman–Crippen LogP) is 0.863. The Labute approximate surface area is 52.7 Å². The maximum atomic E-state index is 4.09. The van der Waals surface area contributed by atoms with Crippen molar-refractivity contribution in [3.8, 4) is 0 Å². The topological polar surface area (TPSA) is 24.9 Å². The Morgan fingerprint density at radius 2 is 2.75 bits per heavy atom. The fraction of sp³-hybridized carbons (Fsp3) is 0.400. The molecule has 0 aliphatic rings. The predicted molar refractivity (Wildman–Crippen MR) is 34.9 cm³/mol. The van der Waals surface area contributed by atoms with Crippen LogP contribution in [0.15, 0.2) is 11.4 Å². The molecule has 0 bridgehead atoms. The molecule has 1 rings (SSSR count). The van der Waals surface area contributed by atoms with Crippen molar-refractivity contribution in [2.45, 2.75) is 6.54 Å². The summed E-state index contributed by atoms with van der Waals surface area (Å²) in [6, 6.07) is 2.02. The number of aromatic nitrogens is 1. The SMILES string of the molecule is CNCc1ccsn1. The van der Waals surface area contributed by atoms with Crippen LogP contribution in [0.25, 0.3) is 0 Å². The van der Waals surface area contributed by atoms with Crippen molar-refractivity contribution in [1.82, 2.24) is 9.69 Å². The molecule has 0 aliphatic heterocycles. The second kappa shape index (κ2) is 2.79. The molecular formula is C5H8N2S. The first kappa shape index (κ1) is 5.72. The molecule has 44 valence electrons. The molecule has 0 spiro atoms. The summed E-state index contributed by atoms with van der Waals surface area (Å²) >= 11 is 1.49. The molecule has 0 amide bonds. The average Bonchev–Trinajstić information content (AvgIpc) is 2.19. The number of nitrogens with zero attached hydrogens (tertiary/aromatic N) is 1. The molecule has 0 atom stereocenters. The third kappa shape index (κ3) is 1.28. The van der Waals surface area contributed by atoms with E-state index in [1.807, 2.05) is 18.5 Å². The molecule has 0 unspecified atom stereocenters. The molecule has 1 aromatic heterocycles. The number of rotatable bonds is 2. The van der Waals surface area contributed by atoms with Crippen LogP contribution in [0.2, 0.25) is 0 Å². The summed E-state index contributed by atoms with van der Waals surface area (Å²) in [4.78, 5) is 0. The molecule has 0 saturated heterocycles. The van der Waals surface area contributed by atoms with E-state index in [1.54, 1.807) is 0 Å². The first-order valence-electron chi connectivity index (χ1n) is 2.47. The quantitative estimate of drug-likeness (QED) is 0.639. The third-order valence-corrected chi connectivity index (χ3v) is 1.45. The highest BCUT2D eigenvalue weighted by molar-refractivity contribution is 7.03. The Morgan fingerprint density at radius 3 is 3.25 bits per heavy atom. The minimum atomic E-state index is 0.878. The van der Waals surface area contributed by atoms with E-state index in [0.717, 1.165) is 12.2 Å². The molecule has 1 aromatic rings. The Kier molecular flexibility index (Phi) is 2.00. The van der Waals surface area contributed by atoms with Crippen molar-refractivity contribution in [3.05, 3.63) is 17.1 Å². The van der Waals surface area contributed by atoms with Crippen LogP contribution >= 0.6 is 11.5 Å². The van der Waals surface area contributed by atoms with Crippen LogP contribution in [0.4, 0.5) is 0 Å². The van der Waals surface area contributed by atoms with Gasteiger partial charge in [-0.05, 0) is 24.6 Å². The van der Waals surface area contributed by atoms with Crippen molar-refractivity contribution in [3.63, 3.8) is 0 Å². The van der Waals surface area contributed by atoms with Gasteiger partial charge in [-0.15, -0.1) is 0 Å². The zero-order valence-electron chi connectivity index (χ0n) is 4.72. The first-order chi connectivity index (χ1) is 3.93. The molecule has 0 radical (unpaired) electrons. The minimum Gasteiger partial charge on any atom is -0.314 e. The lowest BCUT2D eigenvalue weighted by atomic mass is 10.4. The van der Waals surface area contributed by atoms with Crippen molar-refractivity contribution >= 4 is 11.5 Å². The van der Waals surface area contributed by atoms with Crippen molar-refractivity contribution in [1.29, 1.82) is 0 Å². The summed E-state index contributed by atoms with van der Waals surface area (Å²) in [6.45, 7) is 0.878. The van der Waals surface area contributed by atoms with E-state index in [2.05, 4.69) is 9.69 Å². The summed E-state index contributed by atoms with van der Waals surface area (Å²) in [6.07, 6.45) is 0. The van der Waals surface area contributed by atoms with Crippen molar-refractivity contribution < 1.29 is 0 Å². The molecule has 1 heterocycles. The Balaban J connectivity index is 2.50. The van der Waals surface area contributed by atoms with E-state index in [-0.39, 0.29) is 0 Å². The average molecular weight is 128 g/mol. The van der Waals surface area contributed by atoms with Gasteiger partial charge in [0.15, 0.2) is 0 Å². The van der Waals surface area contributed by atoms with Crippen LogP contribution in [-0.2, 0) is 6.54 Å². The van der Waals surface area contributed by atoms with Gasteiger partial charge < -0.3 is 5.32 Å². The molecule has 0 aromatic carbocycles. The Hall–Kier alpha value is -0.410. The second-order valence-electron chi connectivity index (χ2n) is 1.52. The van der Waals surface area contributed by atoms with E-state index < -0.39 is 0 Å². The fourth-order valence-electron chi connectivity index (χ4n) is 0.510. The van der Waals surface area contributed by atoms with Gasteiger partial charge in [-0.1, -0.05) is 0 Å². The smallest absolute Gasteiger partial charge is 0.0679 e. The second-order valence-corrected chi connectivity index (χ2v) is 2.19. The first-order valence-corrected chi connectivity index (χ1v) is 3.31. The highest BCUT2D eigenvalue weighted by Gasteiger charge is 1.87. The van der Waals surface area contributed by atoms with Gasteiger partial charge in [-0.2, -0.15) is 4.37 Å². The van der Waals surface area contributed by atoms with Gasteiger partial charge in [0, 0.05) is 11.9 Å². The summed E-state index contributed by atoms with van der Waals surface area (Å²) < 4.78 is 4.09. The molecule has 0 saturated carbocycles. The molecular weight excluding hydrogens is 120 g/mol. The monoisotopic (exact) mass is 128 g/mol. The van der Waals surface area contributed by atoms with Crippen molar-refractivity contribution in [2.75, 3.05) is 7.05 Å². The normalized spacial score (nSPS) is 9.62. The molecule has 0 aliphatic carbocycles. The van der Waals surface area contributed by atoms with Gasteiger partial charge >= 0.3 is 0 Å². The zero-order chi connectivity index (χ0) is 5.82. The largest absolute Gasteiger partial charge is 0.314 e. The lowest BCUT2D eigenvalue weighted by Gasteiger charge is -1.88. The Morgan fingerprint density at radius 1 is 1.88 bits per heavy atom. The minimum absolute atomic E-state index is 0.878. The lowest BCUT2D eigenvalue weighted by molar-refractivity contribution is 0.802. The number of nitrogens with one attached hydrogen (secondary N) is 1. The van der Waals surface area contributed by atoms with E-state index in [0.29, 0.717) is 0 Å². The van der Waals surface area contributed by atoms with Crippen LogP contribution < -0.4 is 5.32 Å². The van der Waals surface area contributed by atoms with E-state index >= 15 is 0 Å². The van der Waals surface area contributed by atoms with Crippen LogP contribution in [0, 0.1) is 0 Å². The molecule has 0 fully saturated rings. The number of hydrogen-bond donors (Lipinski definition) is 1. The van der Waals surface area contributed by atoms with E-state index in [1.165, 1.54) is 11.5 Å². The molecule has 1 N–H and O–H groups in total. The number of hydrogen-bond acceptors (Lipinski definition) is 3. The van der Waals surface area contributed by atoms with Gasteiger partial charge in [0.05, 0.1) is 5.69 Å². The third-order valence-electron chi connectivity index (χ3n) is 0.849. The van der Waals surface area contributed by atoms with E-state index in [9.17, 15) is 0 Å². The van der Waals surface area contributed by atoms with Crippen molar-refractivity contribution in [2.24, 2.45) is 0 Å². The fourth-order valence-corrected chi connectivity index (χ4v) is 1.05. The Bertz CT molecular complexity index is 136. The van der Waals surface area contributed by atoms with Crippen LogP contribution in [-0.4, -0.2) is 11.4 Å². The summed E-state index contributed by atoms with van der Waals surface area (Å²) in [5.41, 5.74) is 1.12. The maximum Gasteiger partial charge on any atom is 0.0679 e. The molecule has 2 nitrogen and oxygen atoms in total. The highest BCUT2D eigenvalue weighted by Crippen LogP contribution is 1.97.